The molecule has 86 valence electrons. The molecule has 0 heterocycles. The molecule has 3 fully saturated rings. The van der Waals surface area contributed by atoms with Crippen LogP contribution in [0, 0.1) is 23.7 Å². The Hall–Kier alpha value is 0. The van der Waals surface area contributed by atoms with Crippen LogP contribution in [0.15, 0.2) is 0 Å². The van der Waals surface area contributed by atoms with E-state index < -0.39 is 0 Å². The van der Waals surface area contributed by atoms with Crippen LogP contribution < -0.4 is 0 Å². The molecule has 0 heteroatoms. The Morgan fingerprint density at radius 1 is 0.400 bits per heavy atom. The smallest absolute Gasteiger partial charge is 0.0383 e. The van der Waals surface area contributed by atoms with Gasteiger partial charge in [-0.15, -0.1) is 0 Å². The number of hydrogen-bond acceptors (Lipinski definition) is 0. The molecule has 0 aromatic rings. The first kappa shape index (κ1) is 10.2. The molecule has 0 radical (unpaired) electrons. The lowest BCUT2D eigenvalue weighted by Gasteiger charge is -2.19. The molecule has 0 bridgehead atoms. The summed E-state index contributed by atoms with van der Waals surface area (Å²) < 4.78 is 0. The van der Waals surface area contributed by atoms with Gasteiger partial charge >= 0.3 is 0 Å². The van der Waals surface area contributed by atoms with E-state index in [0.717, 1.165) is 11.8 Å². The van der Waals surface area contributed by atoms with Crippen LogP contribution in [0.3, 0.4) is 0 Å². The summed E-state index contributed by atoms with van der Waals surface area (Å²) in [6.07, 6.45) is 17.2. The van der Waals surface area contributed by atoms with Crippen molar-refractivity contribution in [2.75, 3.05) is 0 Å². The van der Waals surface area contributed by atoms with E-state index in [1.54, 1.807) is 70.6 Å². The van der Waals surface area contributed by atoms with Gasteiger partial charge in [-0.1, -0.05) is 64.2 Å². The van der Waals surface area contributed by atoms with Crippen molar-refractivity contribution in [2.45, 2.75) is 70.6 Å². The highest BCUT2D eigenvalue weighted by molar-refractivity contribution is 4.87. The standard InChI is InChI=1S/C15H26/c1-2-6-14-11-15(14)10-4-9-13-8-3-7-12(13)5-1/h12-15H,1-11H2. The van der Waals surface area contributed by atoms with Crippen LogP contribution in [0.2, 0.25) is 0 Å². The summed E-state index contributed by atoms with van der Waals surface area (Å²) in [7, 11) is 0. The number of fused-ring (bicyclic) bond motifs is 2. The Morgan fingerprint density at radius 3 is 1.40 bits per heavy atom. The molecule has 0 spiro atoms. The van der Waals surface area contributed by atoms with Crippen molar-refractivity contribution in [1.29, 1.82) is 0 Å². The summed E-state index contributed by atoms with van der Waals surface area (Å²) in [6, 6.07) is 0. The summed E-state index contributed by atoms with van der Waals surface area (Å²) in [5.41, 5.74) is 0. The van der Waals surface area contributed by atoms with Crippen LogP contribution in [0.1, 0.15) is 70.6 Å². The second kappa shape index (κ2) is 4.47. The summed E-state index contributed by atoms with van der Waals surface area (Å²) in [4.78, 5) is 0. The topological polar surface area (TPSA) is 0 Å². The lowest BCUT2D eigenvalue weighted by Crippen LogP contribution is -2.07. The SMILES string of the molecule is C1CCC2CC2CCCC2CCCC2C1. The quantitative estimate of drug-likeness (QED) is 0.535. The van der Waals surface area contributed by atoms with E-state index in [1.165, 1.54) is 11.8 Å². The highest BCUT2D eigenvalue weighted by atomic mass is 14.4. The Balaban J connectivity index is 1.55. The van der Waals surface area contributed by atoms with Crippen molar-refractivity contribution in [3.63, 3.8) is 0 Å². The van der Waals surface area contributed by atoms with E-state index in [-0.39, 0.29) is 0 Å². The van der Waals surface area contributed by atoms with E-state index >= 15 is 0 Å². The summed E-state index contributed by atoms with van der Waals surface area (Å²) in [5, 5.41) is 0. The first-order valence-electron chi connectivity index (χ1n) is 7.43. The van der Waals surface area contributed by atoms with Gasteiger partial charge in [0.25, 0.3) is 0 Å². The molecule has 3 saturated carbocycles. The third-order valence-electron chi connectivity index (χ3n) is 5.44. The zero-order valence-electron chi connectivity index (χ0n) is 10.1. The zero-order valence-corrected chi connectivity index (χ0v) is 10.1. The van der Waals surface area contributed by atoms with Crippen LogP contribution in [-0.2, 0) is 0 Å². The molecular weight excluding hydrogens is 180 g/mol. The molecule has 3 aliphatic rings. The van der Waals surface area contributed by atoms with Gasteiger partial charge in [0.1, 0.15) is 0 Å². The predicted octanol–water partition coefficient (Wildman–Crippen LogP) is 4.78. The summed E-state index contributed by atoms with van der Waals surface area (Å²) >= 11 is 0. The minimum Gasteiger partial charge on any atom is -0.0530 e. The lowest BCUT2D eigenvalue weighted by molar-refractivity contribution is 0.326. The molecule has 0 nitrogen and oxygen atoms in total. The number of rotatable bonds is 0. The Kier molecular flexibility index (Phi) is 3.03. The van der Waals surface area contributed by atoms with E-state index in [1.807, 2.05) is 0 Å². The van der Waals surface area contributed by atoms with Crippen LogP contribution in [-0.4, -0.2) is 0 Å². The normalized spacial score (nSPS) is 46.4. The highest BCUT2D eigenvalue weighted by Gasteiger charge is 2.36. The Bertz CT molecular complexity index is 208. The largest absolute Gasteiger partial charge is 0.0530 e. The summed E-state index contributed by atoms with van der Waals surface area (Å²) in [6.45, 7) is 0. The first-order valence-corrected chi connectivity index (χ1v) is 7.43. The molecule has 0 N–H and O–H groups in total. The van der Waals surface area contributed by atoms with E-state index in [9.17, 15) is 0 Å². The fourth-order valence-corrected chi connectivity index (χ4v) is 4.35. The predicted molar refractivity (Wildman–Crippen MR) is 64.7 cm³/mol. The van der Waals surface area contributed by atoms with Crippen molar-refractivity contribution in [3.05, 3.63) is 0 Å². The molecule has 0 aliphatic heterocycles. The molecule has 15 heavy (non-hydrogen) atoms. The van der Waals surface area contributed by atoms with Crippen LogP contribution in [0.25, 0.3) is 0 Å². The fourth-order valence-electron chi connectivity index (χ4n) is 4.35. The fraction of sp³-hybridized carbons (Fsp3) is 1.00. The monoisotopic (exact) mass is 206 g/mol. The van der Waals surface area contributed by atoms with Crippen molar-refractivity contribution in [1.82, 2.24) is 0 Å². The van der Waals surface area contributed by atoms with Gasteiger partial charge in [0.05, 0.1) is 0 Å². The second-order valence-electron chi connectivity index (χ2n) is 6.42. The van der Waals surface area contributed by atoms with Crippen molar-refractivity contribution >= 4 is 0 Å². The van der Waals surface area contributed by atoms with Gasteiger partial charge in [0.2, 0.25) is 0 Å². The second-order valence-corrected chi connectivity index (χ2v) is 6.42. The average Bonchev–Trinajstić information content (AvgIpc) is 2.83. The molecule has 0 aromatic carbocycles. The van der Waals surface area contributed by atoms with Gasteiger partial charge < -0.3 is 0 Å². The van der Waals surface area contributed by atoms with Gasteiger partial charge in [0.15, 0.2) is 0 Å². The maximum atomic E-state index is 1.59. The first-order chi connectivity index (χ1) is 7.43. The molecule has 4 atom stereocenters. The van der Waals surface area contributed by atoms with Gasteiger partial charge in [-0.2, -0.15) is 0 Å². The van der Waals surface area contributed by atoms with Gasteiger partial charge in [-0.3, -0.25) is 0 Å². The maximum Gasteiger partial charge on any atom is -0.0383 e. The van der Waals surface area contributed by atoms with Crippen molar-refractivity contribution in [3.8, 4) is 0 Å². The molecule has 3 rings (SSSR count). The van der Waals surface area contributed by atoms with Crippen LogP contribution in [0.4, 0.5) is 0 Å². The van der Waals surface area contributed by atoms with Gasteiger partial charge in [0, 0.05) is 0 Å². The van der Waals surface area contributed by atoms with E-state index in [2.05, 4.69) is 0 Å². The lowest BCUT2D eigenvalue weighted by atomic mass is 9.87. The zero-order chi connectivity index (χ0) is 10.1. The molecule has 4 unspecified atom stereocenters. The molecule has 3 aliphatic carbocycles. The highest BCUT2D eigenvalue weighted by Crippen LogP contribution is 2.48. The molecular formula is C15H26. The van der Waals surface area contributed by atoms with Crippen LogP contribution >= 0.6 is 0 Å². The maximum absolute atomic E-state index is 1.59. The van der Waals surface area contributed by atoms with Gasteiger partial charge in [-0.05, 0) is 30.1 Å². The van der Waals surface area contributed by atoms with Crippen molar-refractivity contribution < 1.29 is 0 Å². The molecule has 0 saturated heterocycles. The Morgan fingerprint density at radius 2 is 0.800 bits per heavy atom. The van der Waals surface area contributed by atoms with Crippen molar-refractivity contribution in [2.24, 2.45) is 23.7 Å². The van der Waals surface area contributed by atoms with Crippen LogP contribution in [0.5, 0.6) is 0 Å². The third kappa shape index (κ3) is 2.40. The summed E-state index contributed by atoms with van der Waals surface area (Å²) in [5.74, 6) is 4.62. The minimum absolute atomic E-state index is 1.14. The number of hydrogen-bond donors (Lipinski definition) is 0. The Labute approximate surface area is 94.8 Å². The minimum atomic E-state index is 1.14. The van der Waals surface area contributed by atoms with Gasteiger partial charge in [-0.25, -0.2) is 0 Å². The average molecular weight is 206 g/mol. The third-order valence-corrected chi connectivity index (χ3v) is 5.44. The van der Waals surface area contributed by atoms with E-state index in [0.29, 0.717) is 0 Å². The molecule has 0 amide bonds. The van der Waals surface area contributed by atoms with E-state index in [4.69, 9.17) is 0 Å². The molecule has 0 aromatic heterocycles.